The Kier molecular flexibility index (Phi) is 7.71. The topological polar surface area (TPSA) is 45.6 Å². The van der Waals surface area contributed by atoms with E-state index in [0.29, 0.717) is 27.9 Å². The van der Waals surface area contributed by atoms with Crippen molar-refractivity contribution in [1.29, 1.82) is 0 Å². The standard InChI is InChI=1S/C31H36ClN3O/c1-21-9-14-27-28(15-16-29(32)30(27)34-21)31(36)35(2)20-23-12-10-22(11-13-23)19-33-17-5-7-25-18-24-6-3-4-8-26(24)25/h3-4,6,8-9,14-17,22-23,25H,5,7,10-13,18-20H2,1-2H3. The number of hydrogen-bond acceptors (Lipinski definition) is 3. The minimum Gasteiger partial charge on any atom is -0.341 e. The fourth-order valence-corrected chi connectivity index (χ4v) is 6.16. The number of rotatable bonds is 8. The molecule has 36 heavy (non-hydrogen) atoms. The number of aromatic nitrogens is 1. The monoisotopic (exact) mass is 501 g/mol. The molecule has 0 N–H and O–H groups in total. The first kappa shape index (κ1) is 25.0. The van der Waals surface area contributed by atoms with Crippen LogP contribution in [0.4, 0.5) is 0 Å². The predicted molar refractivity (Wildman–Crippen MR) is 149 cm³/mol. The van der Waals surface area contributed by atoms with Crippen molar-refractivity contribution in [2.75, 3.05) is 20.1 Å². The average molecular weight is 502 g/mol. The van der Waals surface area contributed by atoms with Crippen LogP contribution >= 0.6 is 11.6 Å². The van der Waals surface area contributed by atoms with Gasteiger partial charge in [0, 0.05) is 36.8 Å². The van der Waals surface area contributed by atoms with Gasteiger partial charge in [0.25, 0.3) is 5.91 Å². The molecular formula is C31H36ClN3O. The molecule has 0 aliphatic heterocycles. The summed E-state index contributed by atoms with van der Waals surface area (Å²) in [6.45, 7) is 3.68. The number of carbonyl (C=O) groups excluding carboxylic acids is 1. The molecular weight excluding hydrogens is 466 g/mol. The zero-order valence-corrected chi connectivity index (χ0v) is 22.2. The summed E-state index contributed by atoms with van der Waals surface area (Å²) in [6.07, 6.45) is 10.4. The molecule has 1 fully saturated rings. The van der Waals surface area contributed by atoms with Crippen molar-refractivity contribution in [3.8, 4) is 0 Å². The van der Waals surface area contributed by atoms with E-state index in [4.69, 9.17) is 16.6 Å². The van der Waals surface area contributed by atoms with Gasteiger partial charge in [0.1, 0.15) is 0 Å². The number of fused-ring (bicyclic) bond motifs is 2. The molecule has 1 saturated carbocycles. The molecule has 0 radical (unpaired) electrons. The number of benzene rings is 2. The average Bonchev–Trinajstić information content (AvgIpc) is 2.87. The maximum atomic E-state index is 13.3. The lowest BCUT2D eigenvalue weighted by Crippen LogP contribution is -2.33. The summed E-state index contributed by atoms with van der Waals surface area (Å²) in [5.41, 5.74) is 5.35. The van der Waals surface area contributed by atoms with Gasteiger partial charge in [0.2, 0.25) is 0 Å². The van der Waals surface area contributed by atoms with E-state index in [-0.39, 0.29) is 5.91 Å². The van der Waals surface area contributed by atoms with Gasteiger partial charge in [0.05, 0.1) is 10.5 Å². The number of nitrogens with zero attached hydrogens (tertiary/aromatic N) is 3. The Labute approximate surface area is 219 Å². The lowest BCUT2D eigenvalue weighted by molar-refractivity contribution is 0.0756. The lowest BCUT2D eigenvalue weighted by Gasteiger charge is -2.31. The highest BCUT2D eigenvalue weighted by molar-refractivity contribution is 6.35. The Morgan fingerprint density at radius 1 is 1.08 bits per heavy atom. The Morgan fingerprint density at radius 3 is 2.67 bits per heavy atom. The number of carbonyl (C=O) groups is 1. The minimum atomic E-state index is 0.0446. The van der Waals surface area contributed by atoms with E-state index in [0.717, 1.165) is 36.5 Å². The van der Waals surface area contributed by atoms with Crippen LogP contribution in [0.25, 0.3) is 10.9 Å². The summed E-state index contributed by atoms with van der Waals surface area (Å²) in [5, 5.41) is 1.41. The molecule has 1 amide bonds. The van der Waals surface area contributed by atoms with Crippen molar-refractivity contribution in [3.05, 3.63) is 75.9 Å². The number of aryl methyl sites for hydroxylation is 1. The molecule has 2 aromatic carbocycles. The number of aliphatic imine (C=N–C) groups is 1. The Morgan fingerprint density at radius 2 is 1.86 bits per heavy atom. The van der Waals surface area contributed by atoms with Crippen LogP contribution in [0, 0.1) is 18.8 Å². The minimum absolute atomic E-state index is 0.0446. The molecule has 2 aliphatic rings. The Balaban J connectivity index is 1.06. The van der Waals surface area contributed by atoms with E-state index in [2.05, 4.69) is 35.5 Å². The van der Waals surface area contributed by atoms with Crippen LogP contribution in [-0.4, -0.2) is 42.1 Å². The van der Waals surface area contributed by atoms with E-state index in [9.17, 15) is 4.79 Å². The van der Waals surface area contributed by atoms with Crippen molar-refractivity contribution < 1.29 is 4.79 Å². The summed E-state index contributed by atoms with van der Waals surface area (Å²) in [5.74, 6) is 2.01. The molecule has 5 heteroatoms. The van der Waals surface area contributed by atoms with E-state index in [1.165, 1.54) is 44.1 Å². The molecule has 1 atom stereocenters. The first-order valence-electron chi connectivity index (χ1n) is 13.4. The fourth-order valence-electron chi connectivity index (χ4n) is 5.95. The predicted octanol–water partition coefficient (Wildman–Crippen LogP) is 7.27. The Hall–Kier alpha value is -2.72. The van der Waals surface area contributed by atoms with Crippen LogP contribution in [0.5, 0.6) is 0 Å². The van der Waals surface area contributed by atoms with Crippen LogP contribution < -0.4 is 0 Å². The molecule has 1 aromatic heterocycles. The van der Waals surface area contributed by atoms with Gasteiger partial charge in [-0.1, -0.05) is 41.9 Å². The molecule has 188 valence electrons. The third-order valence-electron chi connectivity index (χ3n) is 8.12. The maximum Gasteiger partial charge on any atom is 0.254 e. The molecule has 1 unspecified atom stereocenters. The zero-order chi connectivity index (χ0) is 25.1. The van der Waals surface area contributed by atoms with Crippen LogP contribution in [0.15, 0.2) is 53.5 Å². The van der Waals surface area contributed by atoms with Gasteiger partial charge in [-0.05, 0) is 105 Å². The normalized spacial score (nSPS) is 21.4. The second-order valence-electron chi connectivity index (χ2n) is 10.7. The number of amides is 1. The van der Waals surface area contributed by atoms with Gasteiger partial charge in [0.15, 0.2) is 0 Å². The highest BCUT2D eigenvalue weighted by atomic mass is 35.5. The van der Waals surface area contributed by atoms with Crippen LogP contribution in [0.3, 0.4) is 0 Å². The largest absolute Gasteiger partial charge is 0.341 e. The van der Waals surface area contributed by atoms with E-state index in [1.54, 1.807) is 11.6 Å². The van der Waals surface area contributed by atoms with E-state index < -0.39 is 0 Å². The van der Waals surface area contributed by atoms with Gasteiger partial charge in [-0.3, -0.25) is 14.8 Å². The smallest absolute Gasteiger partial charge is 0.254 e. The lowest BCUT2D eigenvalue weighted by atomic mass is 9.75. The summed E-state index contributed by atoms with van der Waals surface area (Å²) >= 11 is 6.35. The first-order valence-corrected chi connectivity index (χ1v) is 13.7. The molecule has 2 aliphatic carbocycles. The highest BCUT2D eigenvalue weighted by Crippen LogP contribution is 2.37. The van der Waals surface area contributed by atoms with Gasteiger partial charge in [-0.25, -0.2) is 0 Å². The van der Waals surface area contributed by atoms with Crippen LogP contribution in [0.1, 0.15) is 71.6 Å². The molecule has 0 spiro atoms. The quantitative estimate of drug-likeness (QED) is 0.305. The molecule has 1 heterocycles. The van der Waals surface area contributed by atoms with Crippen molar-refractivity contribution >= 4 is 34.6 Å². The van der Waals surface area contributed by atoms with Crippen molar-refractivity contribution in [2.45, 2.75) is 57.8 Å². The summed E-state index contributed by atoms with van der Waals surface area (Å²) < 4.78 is 0. The van der Waals surface area contributed by atoms with E-state index in [1.807, 2.05) is 37.1 Å². The Bertz CT molecular complexity index is 1260. The van der Waals surface area contributed by atoms with Gasteiger partial charge in [-0.15, -0.1) is 0 Å². The second kappa shape index (κ2) is 11.1. The van der Waals surface area contributed by atoms with Crippen molar-refractivity contribution in [3.63, 3.8) is 0 Å². The molecule has 0 bridgehead atoms. The second-order valence-corrected chi connectivity index (χ2v) is 11.1. The van der Waals surface area contributed by atoms with Crippen LogP contribution in [0.2, 0.25) is 5.02 Å². The van der Waals surface area contributed by atoms with E-state index >= 15 is 0 Å². The molecule has 5 rings (SSSR count). The van der Waals surface area contributed by atoms with Gasteiger partial charge >= 0.3 is 0 Å². The fraction of sp³-hybridized carbons (Fsp3) is 0.452. The third kappa shape index (κ3) is 5.49. The number of pyridine rings is 1. The molecule has 0 saturated heterocycles. The first-order chi connectivity index (χ1) is 17.5. The molecule has 4 nitrogen and oxygen atoms in total. The SMILES string of the molecule is Cc1ccc2c(C(=O)N(C)CC3CCC(CN=CCCC4Cc5ccccc54)CC3)ccc(Cl)c2n1. The summed E-state index contributed by atoms with van der Waals surface area (Å²) in [6, 6.07) is 16.3. The summed E-state index contributed by atoms with van der Waals surface area (Å²) in [4.78, 5) is 24.5. The number of halogens is 1. The zero-order valence-electron chi connectivity index (χ0n) is 21.4. The van der Waals surface area contributed by atoms with Crippen molar-refractivity contribution in [2.24, 2.45) is 16.8 Å². The maximum absolute atomic E-state index is 13.3. The number of hydrogen-bond donors (Lipinski definition) is 0. The van der Waals surface area contributed by atoms with Gasteiger partial charge in [-0.2, -0.15) is 0 Å². The highest BCUT2D eigenvalue weighted by Gasteiger charge is 2.26. The summed E-state index contributed by atoms with van der Waals surface area (Å²) in [7, 11) is 1.92. The van der Waals surface area contributed by atoms with Crippen molar-refractivity contribution in [1.82, 2.24) is 9.88 Å². The molecule has 3 aromatic rings. The third-order valence-corrected chi connectivity index (χ3v) is 8.43. The van der Waals surface area contributed by atoms with Gasteiger partial charge < -0.3 is 4.90 Å². The van der Waals surface area contributed by atoms with Crippen LogP contribution in [-0.2, 0) is 6.42 Å².